The molecule has 0 radical (unpaired) electrons. The van der Waals surface area contributed by atoms with Gasteiger partial charge in [-0.2, -0.15) is 4.98 Å². The fraction of sp³-hybridized carbons (Fsp3) is 0.190. The Morgan fingerprint density at radius 1 is 0.862 bits per heavy atom. The summed E-state index contributed by atoms with van der Waals surface area (Å²) in [5.41, 5.74) is 3.00. The van der Waals surface area contributed by atoms with E-state index in [9.17, 15) is 0 Å². The van der Waals surface area contributed by atoms with Crippen molar-refractivity contribution in [3.8, 4) is 22.8 Å². The number of fused-ring (bicyclic) bond motifs is 1. The lowest BCUT2D eigenvalue weighted by atomic mass is 10.2. The molecule has 1 aliphatic rings. The number of aromatic nitrogens is 3. The Morgan fingerprint density at radius 3 is 2.31 bits per heavy atom. The zero-order valence-corrected chi connectivity index (χ0v) is 17.1. The van der Waals surface area contributed by atoms with E-state index in [1.54, 1.807) is 0 Å². The van der Waals surface area contributed by atoms with Crippen molar-refractivity contribution >= 4 is 41.1 Å². The van der Waals surface area contributed by atoms with Crippen LogP contribution in [-0.4, -0.2) is 41.1 Å². The highest BCUT2D eigenvalue weighted by Gasteiger charge is 2.22. The quantitative estimate of drug-likeness (QED) is 0.521. The molecule has 0 atom stereocenters. The average Bonchev–Trinajstić information content (AvgIpc) is 3.19. The van der Waals surface area contributed by atoms with Crippen LogP contribution in [0.1, 0.15) is 0 Å². The van der Waals surface area contributed by atoms with Gasteiger partial charge in [-0.25, -0.2) is 9.97 Å². The van der Waals surface area contributed by atoms with Crippen LogP contribution in [0.25, 0.3) is 34.1 Å². The molecule has 2 aromatic heterocycles. The van der Waals surface area contributed by atoms with Crippen LogP contribution >= 0.6 is 24.0 Å². The first-order valence-corrected chi connectivity index (χ1v) is 9.61. The Hall–Kier alpha value is -2.67. The van der Waals surface area contributed by atoms with Crippen molar-refractivity contribution in [3.63, 3.8) is 0 Å². The lowest BCUT2D eigenvalue weighted by Crippen LogP contribution is -2.44. The van der Waals surface area contributed by atoms with E-state index in [4.69, 9.17) is 21.0 Å². The van der Waals surface area contributed by atoms with Crippen molar-refractivity contribution in [2.45, 2.75) is 0 Å². The van der Waals surface area contributed by atoms with Gasteiger partial charge < -0.3 is 14.6 Å². The molecule has 1 fully saturated rings. The molecule has 2 aromatic carbocycles. The highest BCUT2D eigenvalue weighted by molar-refractivity contribution is 6.30. The molecule has 1 aliphatic heterocycles. The summed E-state index contributed by atoms with van der Waals surface area (Å²) in [7, 11) is 0. The fourth-order valence-corrected chi connectivity index (χ4v) is 3.46. The lowest BCUT2D eigenvalue weighted by Gasteiger charge is -2.28. The van der Waals surface area contributed by atoms with Crippen LogP contribution in [-0.2, 0) is 0 Å². The first-order chi connectivity index (χ1) is 13.8. The third-order valence-electron chi connectivity index (χ3n) is 4.78. The Balaban J connectivity index is 0.00000205. The molecule has 148 valence electrons. The maximum atomic E-state index is 6.13. The molecule has 4 aromatic rings. The van der Waals surface area contributed by atoms with Crippen molar-refractivity contribution in [3.05, 3.63) is 59.6 Å². The van der Waals surface area contributed by atoms with Gasteiger partial charge in [-0.3, -0.25) is 0 Å². The van der Waals surface area contributed by atoms with Crippen molar-refractivity contribution < 1.29 is 4.42 Å². The SMILES string of the molecule is Cl.Clc1ccc(-c2nc(N3CCNCC3)c3oc(-c4ccccc4)nc3n2)cc1. The third-order valence-corrected chi connectivity index (χ3v) is 5.03. The van der Waals surface area contributed by atoms with E-state index < -0.39 is 0 Å². The number of nitrogens with zero attached hydrogens (tertiary/aromatic N) is 4. The van der Waals surface area contributed by atoms with Crippen LogP contribution in [0.3, 0.4) is 0 Å². The Morgan fingerprint density at radius 2 is 1.59 bits per heavy atom. The first-order valence-electron chi connectivity index (χ1n) is 9.23. The minimum Gasteiger partial charge on any atom is -0.430 e. The number of nitrogens with one attached hydrogen (secondary N) is 1. The van der Waals surface area contributed by atoms with Crippen LogP contribution in [0.2, 0.25) is 5.02 Å². The van der Waals surface area contributed by atoms with Crippen molar-refractivity contribution in [2.24, 2.45) is 0 Å². The van der Waals surface area contributed by atoms with Gasteiger partial charge in [0.15, 0.2) is 11.6 Å². The van der Waals surface area contributed by atoms with Gasteiger partial charge in [-0.05, 0) is 36.4 Å². The van der Waals surface area contributed by atoms with Crippen LogP contribution < -0.4 is 10.2 Å². The number of benzene rings is 2. The summed E-state index contributed by atoms with van der Waals surface area (Å²) in [6, 6.07) is 17.4. The molecule has 0 spiro atoms. The van der Waals surface area contributed by atoms with Crippen LogP contribution in [0.5, 0.6) is 0 Å². The van der Waals surface area contributed by atoms with E-state index in [2.05, 4.69) is 20.2 Å². The number of rotatable bonds is 3. The molecular weight excluding hydrogens is 409 g/mol. The third kappa shape index (κ3) is 3.92. The van der Waals surface area contributed by atoms with E-state index in [-0.39, 0.29) is 12.4 Å². The Kier molecular flexibility index (Phi) is 5.67. The molecule has 0 saturated carbocycles. The number of hydrogen-bond acceptors (Lipinski definition) is 6. The van der Waals surface area contributed by atoms with Crippen LogP contribution in [0.15, 0.2) is 59.0 Å². The summed E-state index contributed by atoms with van der Waals surface area (Å²) in [4.78, 5) is 16.4. The van der Waals surface area contributed by atoms with E-state index in [0.29, 0.717) is 28.0 Å². The zero-order chi connectivity index (χ0) is 18.9. The minimum absolute atomic E-state index is 0. The lowest BCUT2D eigenvalue weighted by molar-refractivity contribution is 0.575. The molecule has 0 unspecified atom stereocenters. The standard InChI is InChI=1S/C21H18ClN5O.ClH/c22-16-8-6-14(7-9-16)18-24-19-17(20(25-18)27-12-10-23-11-13-27)28-21(26-19)15-4-2-1-3-5-15;/h1-9,23H,10-13H2;1H. The van der Waals surface area contributed by atoms with Gasteiger partial charge in [-0.15, -0.1) is 12.4 Å². The Bertz CT molecular complexity index is 1110. The maximum Gasteiger partial charge on any atom is 0.229 e. The molecule has 1 N–H and O–H groups in total. The highest BCUT2D eigenvalue weighted by atomic mass is 35.5. The second-order valence-corrected chi connectivity index (χ2v) is 7.09. The summed E-state index contributed by atoms with van der Waals surface area (Å²) in [6.07, 6.45) is 0. The largest absolute Gasteiger partial charge is 0.430 e. The summed E-state index contributed by atoms with van der Waals surface area (Å²) < 4.78 is 6.13. The molecule has 6 nitrogen and oxygen atoms in total. The zero-order valence-electron chi connectivity index (χ0n) is 15.5. The summed E-state index contributed by atoms with van der Waals surface area (Å²) in [6.45, 7) is 3.52. The van der Waals surface area contributed by atoms with Crippen molar-refractivity contribution in [2.75, 3.05) is 31.1 Å². The van der Waals surface area contributed by atoms with Crippen LogP contribution in [0, 0.1) is 0 Å². The maximum absolute atomic E-state index is 6.13. The Labute approximate surface area is 179 Å². The van der Waals surface area contributed by atoms with Gasteiger partial charge >= 0.3 is 0 Å². The molecule has 0 bridgehead atoms. The number of hydrogen-bond donors (Lipinski definition) is 1. The van der Waals surface area contributed by atoms with Gasteiger partial charge in [0.1, 0.15) is 0 Å². The minimum atomic E-state index is 0. The first kappa shape index (κ1) is 19.6. The average molecular weight is 428 g/mol. The summed E-state index contributed by atoms with van der Waals surface area (Å²) in [5, 5.41) is 4.05. The number of oxazole rings is 1. The molecular formula is C21H19Cl2N5O. The molecule has 5 rings (SSSR count). The normalized spacial score (nSPS) is 14.0. The van der Waals surface area contributed by atoms with E-state index in [0.717, 1.165) is 43.1 Å². The predicted molar refractivity (Wildman–Crippen MR) is 118 cm³/mol. The second kappa shape index (κ2) is 8.37. The summed E-state index contributed by atoms with van der Waals surface area (Å²) >= 11 is 6.04. The van der Waals surface area contributed by atoms with Gasteiger partial charge in [0.2, 0.25) is 17.1 Å². The van der Waals surface area contributed by atoms with E-state index in [1.807, 2.05) is 54.6 Å². The summed E-state index contributed by atoms with van der Waals surface area (Å²) in [5.74, 6) is 1.95. The number of piperazine rings is 1. The predicted octanol–water partition coefficient (Wildman–Crippen LogP) is 4.44. The van der Waals surface area contributed by atoms with E-state index in [1.165, 1.54) is 0 Å². The second-order valence-electron chi connectivity index (χ2n) is 6.65. The molecule has 8 heteroatoms. The van der Waals surface area contributed by atoms with Gasteiger partial charge in [-0.1, -0.05) is 29.8 Å². The van der Waals surface area contributed by atoms with Gasteiger partial charge in [0.25, 0.3) is 0 Å². The van der Waals surface area contributed by atoms with Gasteiger partial charge in [0, 0.05) is 42.3 Å². The molecule has 29 heavy (non-hydrogen) atoms. The van der Waals surface area contributed by atoms with Crippen molar-refractivity contribution in [1.82, 2.24) is 20.3 Å². The van der Waals surface area contributed by atoms with Gasteiger partial charge in [0.05, 0.1) is 0 Å². The molecule has 3 heterocycles. The topological polar surface area (TPSA) is 67.1 Å². The number of anilines is 1. The number of halogens is 2. The molecule has 0 amide bonds. The highest BCUT2D eigenvalue weighted by Crippen LogP contribution is 2.32. The fourth-order valence-electron chi connectivity index (χ4n) is 3.33. The molecule has 0 aliphatic carbocycles. The smallest absolute Gasteiger partial charge is 0.229 e. The van der Waals surface area contributed by atoms with E-state index >= 15 is 0 Å². The molecule has 1 saturated heterocycles. The van der Waals surface area contributed by atoms with Crippen molar-refractivity contribution in [1.29, 1.82) is 0 Å². The van der Waals surface area contributed by atoms with Crippen LogP contribution in [0.4, 0.5) is 5.82 Å². The monoisotopic (exact) mass is 427 g/mol.